The summed E-state index contributed by atoms with van der Waals surface area (Å²) in [5.74, 6) is -1.41. The monoisotopic (exact) mass is 297 g/mol. The van der Waals surface area contributed by atoms with E-state index in [2.05, 4.69) is 4.74 Å². The molecule has 0 fully saturated rings. The second kappa shape index (κ2) is 7.44. The van der Waals surface area contributed by atoms with E-state index in [1.165, 1.54) is 24.3 Å². The second-order valence-electron chi connectivity index (χ2n) is 3.84. The van der Waals surface area contributed by atoms with Gasteiger partial charge in [-0.1, -0.05) is 0 Å². The molecule has 1 heterocycles. The summed E-state index contributed by atoms with van der Waals surface area (Å²) in [6, 6.07) is 3.80. The Morgan fingerprint density at radius 3 is 2.60 bits per heavy atom. The summed E-state index contributed by atoms with van der Waals surface area (Å²) in [6.07, 6.45) is 0.844. The van der Waals surface area contributed by atoms with Gasteiger partial charge in [0, 0.05) is 15.8 Å². The summed E-state index contributed by atoms with van der Waals surface area (Å²) in [6.45, 7) is 3.32. The lowest BCUT2D eigenvalue weighted by molar-refractivity contribution is -0.149. The van der Waals surface area contributed by atoms with Crippen LogP contribution in [0.5, 0.6) is 0 Å². The molecule has 1 rings (SSSR count). The maximum absolute atomic E-state index is 11.5. The summed E-state index contributed by atoms with van der Waals surface area (Å²) in [4.78, 5) is 35.8. The maximum atomic E-state index is 11.5. The van der Waals surface area contributed by atoms with E-state index in [1.807, 2.05) is 24.4 Å². The lowest BCUT2D eigenvalue weighted by Gasteiger charge is -2.10. The Kier molecular flexibility index (Phi) is 5.92. The fourth-order valence-electron chi connectivity index (χ4n) is 1.21. The minimum atomic E-state index is -1.09. The van der Waals surface area contributed by atoms with E-state index in [0.29, 0.717) is 0 Å². The molecule has 0 aliphatic rings. The van der Waals surface area contributed by atoms with Gasteiger partial charge in [0.15, 0.2) is 6.10 Å². The Bertz CT molecular complexity index is 535. The number of hydrogen-bond donors (Lipinski definition) is 1. The van der Waals surface area contributed by atoms with Crippen LogP contribution in [0.1, 0.15) is 16.7 Å². The zero-order valence-corrected chi connectivity index (χ0v) is 12.2. The molecule has 1 aromatic rings. The van der Waals surface area contributed by atoms with Crippen LogP contribution >= 0.6 is 11.3 Å². The second-order valence-corrected chi connectivity index (χ2v) is 5.16. The van der Waals surface area contributed by atoms with Crippen LogP contribution in [0, 0.1) is 6.92 Å². The van der Waals surface area contributed by atoms with Gasteiger partial charge in [-0.05, 0) is 32.1 Å². The van der Waals surface area contributed by atoms with Gasteiger partial charge < -0.3 is 9.47 Å². The number of imide groups is 1. The van der Waals surface area contributed by atoms with Crippen molar-refractivity contribution in [3.63, 3.8) is 0 Å². The van der Waals surface area contributed by atoms with Crippen LogP contribution in [0.3, 0.4) is 0 Å². The van der Waals surface area contributed by atoms with Gasteiger partial charge in [-0.3, -0.25) is 10.1 Å². The third-order valence-corrected chi connectivity index (χ3v) is 3.18. The number of aryl methyl sites for hydroxylation is 1. The number of hydrogen-bond acceptors (Lipinski definition) is 6. The molecule has 0 aromatic carbocycles. The molecule has 0 saturated carbocycles. The van der Waals surface area contributed by atoms with Crippen LogP contribution in [-0.4, -0.2) is 31.2 Å². The Morgan fingerprint density at radius 2 is 2.05 bits per heavy atom. The molecule has 0 saturated heterocycles. The number of nitrogens with one attached hydrogen (secondary N) is 1. The minimum Gasteiger partial charge on any atom is -0.453 e. The summed E-state index contributed by atoms with van der Waals surface area (Å²) in [7, 11) is 1.13. The minimum absolute atomic E-state index is 0.663. The largest absolute Gasteiger partial charge is 0.453 e. The first-order valence-electron chi connectivity index (χ1n) is 5.76. The molecule has 1 N–H and O–H groups in total. The van der Waals surface area contributed by atoms with Gasteiger partial charge in [0.1, 0.15) is 0 Å². The predicted octanol–water partition coefficient (Wildman–Crippen LogP) is 1.88. The fourth-order valence-corrected chi connectivity index (χ4v) is 1.99. The molecule has 2 amide bonds. The van der Waals surface area contributed by atoms with E-state index < -0.39 is 24.1 Å². The molecular formula is C13H15NO5S. The van der Waals surface area contributed by atoms with Gasteiger partial charge >= 0.3 is 12.1 Å². The summed E-state index contributed by atoms with van der Waals surface area (Å²) in [5, 5.41) is 1.91. The van der Waals surface area contributed by atoms with Crippen molar-refractivity contribution in [1.29, 1.82) is 0 Å². The molecule has 7 heteroatoms. The third-order valence-electron chi connectivity index (χ3n) is 2.22. The van der Waals surface area contributed by atoms with E-state index in [0.717, 1.165) is 16.9 Å². The number of amides is 2. The Balaban J connectivity index is 2.47. The molecule has 0 aliphatic heterocycles. The first-order valence-corrected chi connectivity index (χ1v) is 6.58. The lowest BCUT2D eigenvalue weighted by atomic mass is 10.3. The lowest BCUT2D eigenvalue weighted by Crippen LogP contribution is -2.39. The first kappa shape index (κ1) is 15.9. The van der Waals surface area contributed by atoms with E-state index in [-0.39, 0.29) is 0 Å². The van der Waals surface area contributed by atoms with Crippen molar-refractivity contribution >= 4 is 35.4 Å². The molecule has 0 bridgehead atoms. The highest BCUT2D eigenvalue weighted by atomic mass is 32.1. The number of carbonyl (C=O) groups is 3. The van der Waals surface area contributed by atoms with Gasteiger partial charge in [-0.2, -0.15) is 0 Å². The van der Waals surface area contributed by atoms with E-state index in [9.17, 15) is 14.4 Å². The van der Waals surface area contributed by atoms with Crippen molar-refractivity contribution in [2.45, 2.75) is 20.0 Å². The van der Waals surface area contributed by atoms with E-state index in [4.69, 9.17) is 4.74 Å². The molecule has 108 valence electrons. The fraction of sp³-hybridized carbons (Fsp3) is 0.308. The van der Waals surface area contributed by atoms with Crippen LogP contribution in [0.4, 0.5) is 4.79 Å². The number of rotatable bonds is 4. The number of thiophene rings is 1. The number of alkyl carbamates (subject to hydrolysis) is 1. The third kappa shape index (κ3) is 5.23. The standard InChI is InChI=1S/C13H15NO5S/c1-8-4-5-10(20-8)6-7-11(15)19-9(2)12(16)14-13(17)18-3/h4-7,9H,1-3H3,(H,14,16,17)/b7-6+/t9-/m0/s1. The van der Waals surface area contributed by atoms with Gasteiger partial charge in [-0.25, -0.2) is 9.59 Å². The first-order chi connectivity index (χ1) is 9.42. The molecule has 0 spiro atoms. The molecule has 0 radical (unpaired) electrons. The Hall–Kier alpha value is -2.15. The quantitative estimate of drug-likeness (QED) is 0.678. The Labute approximate surface area is 120 Å². The van der Waals surface area contributed by atoms with Crippen molar-refractivity contribution in [2.75, 3.05) is 7.11 Å². The molecule has 1 atom stereocenters. The van der Waals surface area contributed by atoms with Crippen molar-refractivity contribution in [2.24, 2.45) is 0 Å². The Morgan fingerprint density at radius 1 is 1.35 bits per heavy atom. The van der Waals surface area contributed by atoms with Crippen LogP contribution < -0.4 is 5.32 Å². The normalized spacial score (nSPS) is 11.9. The van der Waals surface area contributed by atoms with Crippen molar-refractivity contribution in [1.82, 2.24) is 5.32 Å². The highest BCUT2D eigenvalue weighted by Gasteiger charge is 2.18. The van der Waals surface area contributed by atoms with Crippen LogP contribution in [0.2, 0.25) is 0 Å². The van der Waals surface area contributed by atoms with Gasteiger partial charge in [0.2, 0.25) is 0 Å². The van der Waals surface area contributed by atoms with E-state index in [1.54, 1.807) is 6.08 Å². The highest BCUT2D eigenvalue weighted by molar-refractivity contribution is 7.12. The van der Waals surface area contributed by atoms with Gasteiger partial charge in [-0.15, -0.1) is 11.3 Å². The molecule has 20 heavy (non-hydrogen) atoms. The van der Waals surface area contributed by atoms with Crippen molar-refractivity contribution in [3.8, 4) is 0 Å². The number of methoxy groups -OCH3 is 1. The maximum Gasteiger partial charge on any atom is 0.413 e. The number of ether oxygens (including phenoxy) is 2. The molecule has 6 nitrogen and oxygen atoms in total. The average Bonchev–Trinajstić information content (AvgIpc) is 2.81. The van der Waals surface area contributed by atoms with Gasteiger partial charge in [0.25, 0.3) is 5.91 Å². The van der Waals surface area contributed by atoms with Crippen molar-refractivity contribution in [3.05, 3.63) is 28.0 Å². The van der Waals surface area contributed by atoms with E-state index >= 15 is 0 Å². The smallest absolute Gasteiger partial charge is 0.413 e. The summed E-state index contributed by atoms with van der Waals surface area (Å²) in [5.41, 5.74) is 0. The SMILES string of the molecule is COC(=O)NC(=O)[C@H](C)OC(=O)/C=C/c1ccc(C)s1. The highest BCUT2D eigenvalue weighted by Crippen LogP contribution is 2.16. The predicted molar refractivity (Wildman–Crippen MR) is 74.2 cm³/mol. The topological polar surface area (TPSA) is 81.7 Å². The number of esters is 1. The van der Waals surface area contributed by atoms with Crippen LogP contribution in [0.15, 0.2) is 18.2 Å². The van der Waals surface area contributed by atoms with Crippen molar-refractivity contribution < 1.29 is 23.9 Å². The summed E-state index contributed by atoms with van der Waals surface area (Å²) >= 11 is 1.53. The van der Waals surface area contributed by atoms with Crippen LogP contribution in [-0.2, 0) is 19.1 Å². The molecule has 1 aromatic heterocycles. The zero-order valence-electron chi connectivity index (χ0n) is 11.3. The molecule has 0 aliphatic carbocycles. The summed E-state index contributed by atoms with van der Waals surface area (Å²) < 4.78 is 9.10. The number of carbonyl (C=O) groups excluding carboxylic acids is 3. The van der Waals surface area contributed by atoms with Gasteiger partial charge in [0.05, 0.1) is 7.11 Å². The zero-order chi connectivity index (χ0) is 15.1. The molecular weight excluding hydrogens is 282 g/mol. The van der Waals surface area contributed by atoms with Crippen LogP contribution in [0.25, 0.3) is 6.08 Å². The molecule has 0 unspecified atom stereocenters. The average molecular weight is 297 g/mol.